The number of furan rings is 1. The summed E-state index contributed by atoms with van der Waals surface area (Å²) in [6.45, 7) is 0. The molecule has 82 valence electrons. The number of ketones is 1. The fourth-order valence-electron chi connectivity index (χ4n) is 2.08. The molecule has 1 aromatic heterocycles. The highest BCUT2D eigenvalue weighted by molar-refractivity contribution is 9.26. The smallest absolute Gasteiger partial charge is 0.190 e. The molecule has 0 N–H and O–H groups in total. The van der Waals surface area contributed by atoms with Crippen LogP contribution >= 0.6 is 31.9 Å². The summed E-state index contributed by atoms with van der Waals surface area (Å²) in [5, 5.41) is 1.06. The van der Waals surface area contributed by atoms with Gasteiger partial charge in [-0.2, -0.15) is 0 Å². The summed E-state index contributed by atoms with van der Waals surface area (Å²) in [5.41, 5.74) is 2.63. The Balaban J connectivity index is 2.26. The quantitative estimate of drug-likeness (QED) is 0.675. The van der Waals surface area contributed by atoms with E-state index in [4.69, 9.17) is 4.42 Å². The minimum Gasteiger partial charge on any atom is -0.464 e. The van der Waals surface area contributed by atoms with Crippen LogP contribution in [0.2, 0.25) is 0 Å². The van der Waals surface area contributed by atoms with Crippen molar-refractivity contribution < 1.29 is 9.21 Å². The van der Waals surface area contributed by atoms with Crippen LogP contribution in [0.3, 0.4) is 0 Å². The van der Waals surface area contributed by atoms with E-state index in [1.807, 2.05) is 18.2 Å². The second-order valence-corrected chi connectivity index (χ2v) is 7.77. The lowest BCUT2D eigenvalue weighted by molar-refractivity contribution is 0.0972. The molecular formula is C12H8Br2O2. The molecule has 0 spiro atoms. The monoisotopic (exact) mass is 342 g/mol. The van der Waals surface area contributed by atoms with Crippen LogP contribution < -0.4 is 0 Å². The minimum atomic E-state index is -0.604. The topological polar surface area (TPSA) is 30.2 Å². The van der Waals surface area contributed by atoms with Crippen molar-refractivity contribution >= 4 is 48.6 Å². The van der Waals surface area contributed by atoms with Gasteiger partial charge >= 0.3 is 0 Å². The Morgan fingerprint density at radius 1 is 1.31 bits per heavy atom. The first-order valence-electron chi connectivity index (χ1n) is 5.01. The summed E-state index contributed by atoms with van der Waals surface area (Å²) in [6.07, 6.45) is 3.30. The molecular weight excluding hydrogens is 336 g/mol. The first-order chi connectivity index (χ1) is 7.58. The first-order valence-corrected chi connectivity index (χ1v) is 6.59. The Bertz CT molecular complexity index is 584. The first kappa shape index (κ1) is 10.5. The number of rotatable bonds is 0. The molecule has 0 saturated carbocycles. The van der Waals surface area contributed by atoms with E-state index in [2.05, 4.69) is 31.9 Å². The summed E-state index contributed by atoms with van der Waals surface area (Å²) < 4.78 is 4.71. The van der Waals surface area contributed by atoms with Crippen LogP contribution in [0.4, 0.5) is 0 Å². The summed E-state index contributed by atoms with van der Waals surface area (Å²) in [4.78, 5) is 12.2. The maximum Gasteiger partial charge on any atom is 0.190 e. The van der Waals surface area contributed by atoms with Gasteiger partial charge in [0.1, 0.15) is 8.82 Å². The van der Waals surface area contributed by atoms with Crippen LogP contribution in [0.25, 0.3) is 11.0 Å². The molecule has 0 aliphatic heterocycles. The van der Waals surface area contributed by atoms with Crippen molar-refractivity contribution in [2.45, 2.75) is 16.1 Å². The fraction of sp³-hybridized carbons (Fsp3) is 0.250. The summed E-state index contributed by atoms with van der Waals surface area (Å²) in [7, 11) is 0. The van der Waals surface area contributed by atoms with Crippen molar-refractivity contribution in [2.75, 3.05) is 0 Å². The van der Waals surface area contributed by atoms with Gasteiger partial charge in [-0.1, -0.05) is 31.9 Å². The van der Waals surface area contributed by atoms with E-state index in [9.17, 15) is 4.79 Å². The van der Waals surface area contributed by atoms with Crippen molar-refractivity contribution in [1.29, 1.82) is 0 Å². The van der Waals surface area contributed by atoms with Crippen molar-refractivity contribution in [3.63, 3.8) is 0 Å². The van der Waals surface area contributed by atoms with Gasteiger partial charge in [0.25, 0.3) is 0 Å². The van der Waals surface area contributed by atoms with Gasteiger partial charge in [0.05, 0.1) is 6.26 Å². The van der Waals surface area contributed by atoms with Crippen LogP contribution in [-0.4, -0.2) is 9.02 Å². The standard InChI is InChI=1S/C12H8Br2O2/c13-12(14)3-1-7-5-8-2-4-16-10(8)6-9(7)11(12)15/h2,4-6H,1,3H2. The molecule has 0 unspecified atom stereocenters. The van der Waals surface area contributed by atoms with Crippen LogP contribution in [0.5, 0.6) is 0 Å². The second kappa shape index (κ2) is 3.44. The number of carbonyl (C=O) groups excluding carboxylic acids is 1. The van der Waals surface area contributed by atoms with Gasteiger partial charge in [-0.3, -0.25) is 4.79 Å². The molecule has 0 fully saturated rings. The maximum atomic E-state index is 12.2. The van der Waals surface area contributed by atoms with Gasteiger partial charge in [0.2, 0.25) is 0 Å². The second-order valence-electron chi connectivity index (χ2n) is 4.00. The predicted octanol–water partition coefficient (Wildman–Crippen LogP) is 4.05. The van der Waals surface area contributed by atoms with Crippen LogP contribution in [0, 0.1) is 0 Å². The number of carbonyl (C=O) groups is 1. The van der Waals surface area contributed by atoms with E-state index >= 15 is 0 Å². The zero-order chi connectivity index (χ0) is 11.3. The summed E-state index contributed by atoms with van der Waals surface area (Å²) >= 11 is 6.84. The lowest BCUT2D eigenvalue weighted by Gasteiger charge is -2.26. The van der Waals surface area contributed by atoms with Gasteiger partial charge in [-0.15, -0.1) is 0 Å². The molecule has 0 radical (unpaired) electrons. The molecule has 2 nitrogen and oxygen atoms in total. The highest BCUT2D eigenvalue weighted by Gasteiger charge is 2.38. The zero-order valence-corrected chi connectivity index (χ0v) is 11.5. The van der Waals surface area contributed by atoms with E-state index in [0.29, 0.717) is 0 Å². The lowest BCUT2D eigenvalue weighted by atomic mass is 9.89. The molecule has 2 aromatic rings. The molecule has 0 amide bonds. The molecule has 16 heavy (non-hydrogen) atoms. The van der Waals surface area contributed by atoms with Crippen LogP contribution in [0.15, 0.2) is 28.9 Å². The van der Waals surface area contributed by atoms with E-state index in [-0.39, 0.29) is 5.78 Å². The highest BCUT2D eigenvalue weighted by Crippen LogP contribution is 2.41. The van der Waals surface area contributed by atoms with E-state index < -0.39 is 3.23 Å². The Morgan fingerprint density at radius 3 is 2.94 bits per heavy atom. The molecule has 3 rings (SSSR count). The van der Waals surface area contributed by atoms with E-state index in [0.717, 1.165) is 34.9 Å². The fourth-order valence-corrected chi connectivity index (χ4v) is 2.90. The summed E-state index contributed by atoms with van der Waals surface area (Å²) in [6, 6.07) is 5.80. The Hall–Kier alpha value is -0.610. The average molecular weight is 344 g/mol. The molecule has 0 bridgehead atoms. The summed E-state index contributed by atoms with van der Waals surface area (Å²) in [5.74, 6) is 0.0760. The van der Waals surface area contributed by atoms with E-state index in [1.54, 1.807) is 6.26 Å². The van der Waals surface area contributed by atoms with Gasteiger partial charge in [-0.05, 0) is 36.6 Å². The number of Topliss-reactive ketones (excluding diaryl/α,β-unsaturated/α-hetero) is 1. The van der Waals surface area contributed by atoms with Crippen molar-refractivity contribution in [1.82, 2.24) is 0 Å². The lowest BCUT2D eigenvalue weighted by Crippen LogP contribution is -2.30. The predicted molar refractivity (Wildman–Crippen MR) is 69.5 cm³/mol. The number of hydrogen-bond acceptors (Lipinski definition) is 2. The minimum absolute atomic E-state index is 0.0760. The third-order valence-corrected chi connectivity index (χ3v) is 4.48. The largest absolute Gasteiger partial charge is 0.464 e. The third-order valence-electron chi connectivity index (χ3n) is 2.96. The Labute approximate surface area is 109 Å². The molecule has 1 heterocycles. The third kappa shape index (κ3) is 1.47. The molecule has 0 atom stereocenters. The average Bonchev–Trinajstić information content (AvgIpc) is 2.69. The van der Waals surface area contributed by atoms with Crippen LogP contribution in [0.1, 0.15) is 22.3 Å². The van der Waals surface area contributed by atoms with Gasteiger partial charge < -0.3 is 4.42 Å². The Morgan fingerprint density at radius 2 is 2.12 bits per heavy atom. The van der Waals surface area contributed by atoms with Crippen LogP contribution in [-0.2, 0) is 6.42 Å². The molecule has 1 aromatic carbocycles. The number of hydrogen-bond donors (Lipinski definition) is 0. The molecule has 1 aliphatic rings. The normalized spacial score (nSPS) is 18.8. The van der Waals surface area contributed by atoms with Gasteiger partial charge in [0, 0.05) is 10.9 Å². The van der Waals surface area contributed by atoms with Crippen molar-refractivity contribution in [2.24, 2.45) is 0 Å². The van der Waals surface area contributed by atoms with Gasteiger partial charge in [0.15, 0.2) is 5.78 Å². The number of benzene rings is 1. The molecule has 0 saturated heterocycles. The Kier molecular flexibility index (Phi) is 2.27. The maximum absolute atomic E-state index is 12.2. The number of aryl methyl sites for hydroxylation is 1. The van der Waals surface area contributed by atoms with Gasteiger partial charge in [-0.25, -0.2) is 0 Å². The zero-order valence-electron chi connectivity index (χ0n) is 8.30. The SMILES string of the molecule is O=C1c2cc3occc3cc2CCC1(Br)Br. The molecule has 1 aliphatic carbocycles. The van der Waals surface area contributed by atoms with E-state index in [1.165, 1.54) is 0 Å². The molecule has 4 heteroatoms. The number of halogens is 2. The van der Waals surface area contributed by atoms with Crippen molar-refractivity contribution in [3.05, 3.63) is 35.6 Å². The van der Waals surface area contributed by atoms with Crippen molar-refractivity contribution in [3.8, 4) is 0 Å². The highest BCUT2D eigenvalue weighted by atomic mass is 79.9. The number of fused-ring (bicyclic) bond motifs is 2. The number of alkyl halides is 2.